The van der Waals surface area contributed by atoms with Crippen LogP contribution in [-0.2, 0) is 4.52 Å². The Morgan fingerprint density at radius 1 is 1.62 bits per heavy atom. The first-order chi connectivity index (χ1) is 3.88. The lowest BCUT2D eigenvalue weighted by Gasteiger charge is -2.36. The summed E-state index contributed by atoms with van der Waals surface area (Å²) < 4.78 is 7.62. The molecule has 0 radical (unpaired) electrons. The van der Waals surface area contributed by atoms with Crippen LogP contribution in [0.3, 0.4) is 0 Å². The molecule has 1 heterocycles. The molecule has 0 aromatic rings. The molecule has 1 aliphatic heterocycles. The standard InChI is InChI=1S/C5H9NOP/c1-6-4-2-3-5(4)7-8-6/h4-5H,2-3H2,1H3/q-1. The van der Waals surface area contributed by atoms with Gasteiger partial charge >= 0.3 is 0 Å². The van der Waals surface area contributed by atoms with E-state index in [1.807, 2.05) is 0 Å². The maximum absolute atomic E-state index is 5.36. The first kappa shape index (κ1) is 5.16. The molecule has 2 nitrogen and oxygen atoms in total. The van der Waals surface area contributed by atoms with Crippen LogP contribution in [0.2, 0.25) is 0 Å². The van der Waals surface area contributed by atoms with Crippen molar-refractivity contribution in [1.29, 1.82) is 0 Å². The van der Waals surface area contributed by atoms with E-state index >= 15 is 0 Å². The Labute approximate surface area is 51.1 Å². The van der Waals surface area contributed by atoms with Gasteiger partial charge in [-0.1, -0.05) is 0 Å². The summed E-state index contributed by atoms with van der Waals surface area (Å²) in [5.41, 5.74) is 0. The van der Waals surface area contributed by atoms with Crippen LogP contribution < -0.4 is 0 Å². The van der Waals surface area contributed by atoms with Gasteiger partial charge in [-0.3, -0.25) is 0 Å². The quantitative estimate of drug-likeness (QED) is 0.457. The number of nitrogens with zero attached hydrogens (tertiary/aromatic N) is 1. The van der Waals surface area contributed by atoms with Crippen LogP contribution in [0.15, 0.2) is 0 Å². The zero-order valence-corrected chi connectivity index (χ0v) is 5.77. The highest BCUT2D eigenvalue weighted by atomic mass is 31.1. The van der Waals surface area contributed by atoms with E-state index in [0.717, 1.165) is 15.0 Å². The summed E-state index contributed by atoms with van der Waals surface area (Å²) in [4.78, 5) is 0. The van der Waals surface area contributed by atoms with Crippen molar-refractivity contribution in [3.63, 3.8) is 0 Å². The molecule has 0 spiro atoms. The Kier molecular flexibility index (Phi) is 1.07. The number of hydrogen-bond donors (Lipinski definition) is 0. The molecule has 1 saturated heterocycles. The van der Waals surface area contributed by atoms with Crippen LogP contribution in [0, 0.1) is 0 Å². The molecule has 1 saturated carbocycles. The van der Waals surface area contributed by atoms with Crippen molar-refractivity contribution in [2.75, 3.05) is 7.05 Å². The monoisotopic (exact) mass is 130 g/mol. The highest BCUT2D eigenvalue weighted by Crippen LogP contribution is 2.44. The second-order valence-electron chi connectivity index (χ2n) is 2.44. The first-order valence-corrected chi connectivity index (χ1v) is 3.74. The topological polar surface area (TPSA) is 12.5 Å². The van der Waals surface area contributed by atoms with E-state index in [1.165, 1.54) is 12.8 Å². The van der Waals surface area contributed by atoms with Gasteiger partial charge in [-0.05, 0) is 19.9 Å². The van der Waals surface area contributed by atoms with Crippen molar-refractivity contribution in [1.82, 2.24) is 4.67 Å². The molecule has 0 aromatic heterocycles. The largest absolute Gasteiger partial charge is 0.538 e. The summed E-state index contributed by atoms with van der Waals surface area (Å²) in [5.74, 6) is 0. The Balaban J connectivity index is 2.05. The summed E-state index contributed by atoms with van der Waals surface area (Å²) in [6.07, 6.45) is 3.21. The van der Waals surface area contributed by atoms with E-state index in [2.05, 4.69) is 11.7 Å². The Bertz CT molecular complexity index is 103. The predicted octanol–water partition coefficient (Wildman–Crippen LogP) is 1.26. The maximum atomic E-state index is 5.36. The molecule has 1 aliphatic carbocycles. The lowest BCUT2D eigenvalue weighted by Crippen LogP contribution is -2.39. The number of likely N-dealkylation sites (N-methyl/N-ethyl adjacent to an activating group) is 1. The summed E-state index contributed by atoms with van der Waals surface area (Å²) in [5, 5.41) is 0. The van der Waals surface area contributed by atoms with E-state index in [-0.39, 0.29) is 0 Å². The average molecular weight is 130 g/mol. The van der Waals surface area contributed by atoms with Gasteiger partial charge in [0.25, 0.3) is 0 Å². The van der Waals surface area contributed by atoms with E-state index in [9.17, 15) is 0 Å². The molecule has 2 unspecified atom stereocenters. The van der Waals surface area contributed by atoms with Gasteiger partial charge in [-0.25, -0.2) is 0 Å². The summed E-state index contributed by atoms with van der Waals surface area (Å²) in [6.45, 7) is 0. The van der Waals surface area contributed by atoms with Gasteiger partial charge in [0, 0.05) is 12.1 Å². The van der Waals surface area contributed by atoms with Crippen molar-refractivity contribution >= 4 is 8.96 Å². The maximum Gasteiger partial charge on any atom is 0.0382 e. The van der Waals surface area contributed by atoms with Gasteiger partial charge < -0.3 is 18.2 Å². The van der Waals surface area contributed by atoms with Crippen molar-refractivity contribution in [2.24, 2.45) is 0 Å². The summed E-state index contributed by atoms with van der Waals surface area (Å²) in [6, 6.07) is 0.761. The smallest absolute Gasteiger partial charge is 0.0382 e. The molecule has 2 aliphatic rings. The van der Waals surface area contributed by atoms with Crippen LogP contribution in [0.1, 0.15) is 12.8 Å². The molecule has 0 aromatic carbocycles. The SMILES string of the molecule is CN1[P-]OC2CCC21. The second kappa shape index (κ2) is 1.66. The van der Waals surface area contributed by atoms with Crippen LogP contribution in [-0.4, -0.2) is 23.9 Å². The summed E-state index contributed by atoms with van der Waals surface area (Å²) in [7, 11) is 3.19. The normalized spacial score (nSPS) is 49.1. The lowest BCUT2D eigenvalue weighted by atomic mass is 9.90. The molecule has 46 valence electrons. The molecule has 0 amide bonds. The molecule has 2 fully saturated rings. The number of hydrogen-bond acceptors (Lipinski definition) is 2. The van der Waals surface area contributed by atoms with Crippen molar-refractivity contribution < 1.29 is 4.52 Å². The van der Waals surface area contributed by atoms with E-state index < -0.39 is 0 Å². The minimum atomic E-state index is 0.585. The first-order valence-electron chi connectivity index (χ1n) is 2.97. The van der Waals surface area contributed by atoms with Crippen LogP contribution in [0.25, 0.3) is 0 Å². The molecule has 0 N–H and O–H groups in total. The molecular weight excluding hydrogens is 121 g/mol. The average Bonchev–Trinajstić information content (AvgIpc) is 1.80. The fraction of sp³-hybridized carbons (Fsp3) is 1.00. The molecule has 0 bridgehead atoms. The summed E-state index contributed by atoms with van der Waals surface area (Å²) >= 11 is 0. The van der Waals surface area contributed by atoms with Gasteiger partial charge in [-0.2, -0.15) is 0 Å². The minimum Gasteiger partial charge on any atom is -0.538 e. The second-order valence-corrected chi connectivity index (χ2v) is 3.45. The third-order valence-corrected chi connectivity index (χ3v) is 2.89. The predicted molar refractivity (Wildman–Crippen MR) is 32.6 cm³/mol. The van der Waals surface area contributed by atoms with Gasteiger partial charge in [0.2, 0.25) is 0 Å². The van der Waals surface area contributed by atoms with Gasteiger partial charge in [0.1, 0.15) is 0 Å². The molecule has 2 rings (SSSR count). The van der Waals surface area contributed by atoms with E-state index in [1.54, 1.807) is 0 Å². The molecule has 8 heavy (non-hydrogen) atoms. The van der Waals surface area contributed by atoms with Gasteiger partial charge in [-0.15, -0.1) is 0 Å². The van der Waals surface area contributed by atoms with Gasteiger partial charge in [0.05, 0.1) is 0 Å². The molecule has 2 atom stereocenters. The third kappa shape index (κ3) is 0.540. The molecule has 3 heteroatoms. The van der Waals surface area contributed by atoms with E-state index in [0.29, 0.717) is 6.10 Å². The highest BCUT2D eigenvalue weighted by Gasteiger charge is 2.32. The Morgan fingerprint density at radius 3 is 2.75 bits per heavy atom. The number of rotatable bonds is 0. The molecular formula is C5H9NOP-. The zero-order chi connectivity index (χ0) is 5.56. The van der Waals surface area contributed by atoms with Crippen LogP contribution >= 0.6 is 8.96 Å². The van der Waals surface area contributed by atoms with Gasteiger partial charge in [0.15, 0.2) is 0 Å². The third-order valence-electron chi connectivity index (χ3n) is 1.97. The van der Waals surface area contributed by atoms with Crippen molar-refractivity contribution in [3.05, 3.63) is 0 Å². The Morgan fingerprint density at radius 2 is 2.50 bits per heavy atom. The highest BCUT2D eigenvalue weighted by molar-refractivity contribution is 7.29. The zero-order valence-electron chi connectivity index (χ0n) is 4.87. The minimum absolute atomic E-state index is 0.585. The van der Waals surface area contributed by atoms with Crippen molar-refractivity contribution in [2.45, 2.75) is 25.0 Å². The fourth-order valence-corrected chi connectivity index (χ4v) is 2.10. The van der Waals surface area contributed by atoms with Crippen LogP contribution in [0.4, 0.5) is 0 Å². The van der Waals surface area contributed by atoms with E-state index in [4.69, 9.17) is 4.52 Å². The van der Waals surface area contributed by atoms with Crippen molar-refractivity contribution in [3.8, 4) is 0 Å². The van der Waals surface area contributed by atoms with Crippen LogP contribution in [0.5, 0.6) is 0 Å². The fourth-order valence-electron chi connectivity index (χ4n) is 1.20. The number of fused-ring (bicyclic) bond motifs is 1. The Hall–Kier alpha value is 0.350. The lowest BCUT2D eigenvalue weighted by molar-refractivity contribution is 0.109.